The Balaban J connectivity index is 1.44. The summed E-state index contributed by atoms with van der Waals surface area (Å²) in [5.41, 5.74) is 26.0. The van der Waals surface area contributed by atoms with Crippen molar-refractivity contribution < 1.29 is 0 Å². The van der Waals surface area contributed by atoms with Gasteiger partial charge in [-0.15, -0.1) is 0 Å². The lowest BCUT2D eigenvalue weighted by atomic mass is 9.78. The van der Waals surface area contributed by atoms with Crippen molar-refractivity contribution in [2.75, 3.05) is 0 Å². The Bertz CT molecular complexity index is 3630. The average molecular weight is 1000 g/mol. The molecule has 2 aliphatic carbocycles. The van der Waals surface area contributed by atoms with Crippen molar-refractivity contribution in [1.29, 1.82) is 0 Å². The molecule has 5 heterocycles. The second-order valence-electron chi connectivity index (χ2n) is 27.9. The third-order valence-corrected chi connectivity index (χ3v) is 15.7. The molecule has 3 aromatic heterocycles. The van der Waals surface area contributed by atoms with E-state index in [1.54, 1.807) is 0 Å². The fourth-order valence-electron chi connectivity index (χ4n) is 10.7. The first-order valence-corrected chi connectivity index (χ1v) is 27.6. The van der Waals surface area contributed by atoms with Gasteiger partial charge in [-0.2, -0.15) is 0 Å². The molecule has 0 radical (unpaired) electrons. The Morgan fingerprint density at radius 2 is 0.553 bits per heavy atom. The molecule has 4 aliphatic rings. The summed E-state index contributed by atoms with van der Waals surface area (Å²) in [6.45, 7) is 41.7. The van der Waals surface area contributed by atoms with Crippen molar-refractivity contribution in [3.05, 3.63) is 177 Å². The maximum atomic E-state index is 5.83. The first-order valence-electron chi connectivity index (χ1n) is 27.6. The average Bonchev–Trinajstić information content (AvgIpc) is 4.19. The van der Waals surface area contributed by atoms with Crippen LogP contribution in [-0.2, 0) is 32.5 Å². The molecule has 0 saturated heterocycles. The van der Waals surface area contributed by atoms with Gasteiger partial charge in [-0.05, 0) is 148 Å². The van der Waals surface area contributed by atoms with E-state index in [2.05, 4.69) is 280 Å². The zero-order valence-corrected chi connectivity index (χ0v) is 48.8. The van der Waals surface area contributed by atoms with Crippen LogP contribution in [0.4, 0.5) is 0 Å². The third kappa shape index (κ3) is 10.1. The van der Waals surface area contributed by atoms with Crippen molar-refractivity contribution in [2.45, 2.75) is 157 Å². The molecule has 0 saturated carbocycles. The molecular weight excluding hydrogens is 921 g/mol. The predicted molar refractivity (Wildman–Crippen MR) is 329 cm³/mol. The minimum atomic E-state index is -0.0946. The Morgan fingerprint density at radius 1 is 0.263 bits per heavy atom. The first-order chi connectivity index (χ1) is 35.4. The summed E-state index contributed by atoms with van der Waals surface area (Å²) < 4.78 is 0. The Labute approximate surface area is 454 Å². The van der Waals surface area contributed by atoms with Crippen LogP contribution in [0.25, 0.3) is 102 Å². The number of nitrogens with zero attached hydrogens (tertiary/aromatic N) is 2. The number of rotatable bonds is 4. The van der Waals surface area contributed by atoms with E-state index in [1.807, 2.05) is 0 Å². The molecule has 0 fully saturated rings. The molecule has 4 nitrogen and oxygen atoms in total. The van der Waals surface area contributed by atoms with E-state index in [9.17, 15) is 0 Å². The van der Waals surface area contributed by atoms with Gasteiger partial charge in [0.05, 0.1) is 22.8 Å². The summed E-state index contributed by atoms with van der Waals surface area (Å²) in [6.07, 6.45) is 8.96. The number of aromatic nitrogens is 4. The molecule has 3 aromatic carbocycles. The van der Waals surface area contributed by atoms with Crippen LogP contribution in [0.1, 0.15) is 181 Å². The quantitative estimate of drug-likeness (QED) is 0.185. The van der Waals surface area contributed by atoms with E-state index >= 15 is 0 Å². The van der Waals surface area contributed by atoms with Crippen LogP contribution in [0, 0.1) is 0 Å². The topological polar surface area (TPSA) is 57.4 Å². The zero-order chi connectivity index (χ0) is 54.7. The van der Waals surface area contributed by atoms with Gasteiger partial charge in [0.2, 0.25) is 0 Å². The van der Waals surface area contributed by atoms with Crippen LogP contribution < -0.4 is 0 Å². The van der Waals surface area contributed by atoms with E-state index in [4.69, 9.17) is 9.97 Å². The zero-order valence-electron chi connectivity index (χ0n) is 48.8. The standard InChI is InChI=1S/C72H80N4/c1-67(2,3)47-34-44(35-48(40-47)68(4,5)6)63-55-26-28-57(73-55)64(45-36-49(69(7,8)9)41-50(37-45)70(10,11)12)59-30-32-61(75-59)66(54-25-24-43-22-20-19-21-23-53(43)54)62-33-31-60(76-62)65(58-29-27-56(63)74-58)46-38-51(71(13,14)15)42-52(39-46)72(16,17)18/h19-42,73,76H,1-18H3. The van der Waals surface area contributed by atoms with Crippen LogP contribution in [0.5, 0.6) is 0 Å². The second-order valence-corrected chi connectivity index (χ2v) is 27.9. The molecule has 388 valence electrons. The molecule has 2 N–H and O–H groups in total. The largest absolute Gasteiger partial charge is 0.354 e. The van der Waals surface area contributed by atoms with Crippen LogP contribution in [0.15, 0.2) is 121 Å². The summed E-state index contributed by atoms with van der Waals surface area (Å²) in [6, 6.07) is 46.1. The molecule has 76 heavy (non-hydrogen) atoms. The number of hydrogen-bond donors (Lipinski definition) is 2. The lowest BCUT2D eigenvalue weighted by Gasteiger charge is -2.26. The summed E-state index contributed by atoms with van der Waals surface area (Å²) in [4.78, 5) is 19.8. The number of benzene rings is 3. The lowest BCUT2D eigenvalue weighted by molar-refractivity contribution is 0.568. The van der Waals surface area contributed by atoms with E-state index < -0.39 is 0 Å². The van der Waals surface area contributed by atoms with Gasteiger partial charge in [0.1, 0.15) is 0 Å². The number of hydrogen-bond acceptors (Lipinski definition) is 2. The van der Waals surface area contributed by atoms with Gasteiger partial charge in [-0.3, -0.25) is 0 Å². The number of fused-ring (bicyclic) bond motifs is 9. The summed E-state index contributed by atoms with van der Waals surface area (Å²) in [7, 11) is 0. The highest BCUT2D eigenvalue weighted by Crippen LogP contribution is 2.45. The molecule has 8 bridgehead atoms. The van der Waals surface area contributed by atoms with E-state index in [1.165, 1.54) is 44.5 Å². The molecule has 2 aliphatic heterocycles. The summed E-state index contributed by atoms with van der Waals surface area (Å²) in [5.74, 6) is 0. The third-order valence-electron chi connectivity index (χ3n) is 15.7. The van der Waals surface area contributed by atoms with Crippen molar-refractivity contribution in [1.82, 2.24) is 19.9 Å². The maximum absolute atomic E-state index is 5.83. The minimum Gasteiger partial charge on any atom is -0.354 e. The SMILES string of the molecule is CC(C)(C)c1cc(-c2c3nc(c(-c4cc(C(C)(C)C)cc(C(C)(C)C)c4)c4ccc([nH]4)c(-c4ccc5cccccc4-5)c4nc(c(-c5cc(C(C)(C)C)cc(C(C)(C)C)c5)c5ccc2[nH]5)C=C4)C=C3)cc(C(C)(C)C)c1. The van der Waals surface area contributed by atoms with Gasteiger partial charge >= 0.3 is 0 Å². The van der Waals surface area contributed by atoms with Gasteiger partial charge in [0, 0.05) is 44.3 Å². The fraction of sp³-hybridized carbons (Fsp3) is 0.333. The van der Waals surface area contributed by atoms with E-state index in [0.717, 1.165) is 89.4 Å². The number of H-pyrrole nitrogens is 2. The molecule has 0 unspecified atom stereocenters. The predicted octanol–water partition coefficient (Wildman–Crippen LogP) is 20.2. The van der Waals surface area contributed by atoms with Gasteiger partial charge in [0.15, 0.2) is 0 Å². The van der Waals surface area contributed by atoms with E-state index in [0.29, 0.717) is 0 Å². The number of nitrogens with one attached hydrogen (secondary N) is 2. The monoisotopic (exact) mass is 1000 g/mol. The first kappa shape index (κ1) is 52.4. The highest BCUT2D eigenvalue weighted by molar-refractivity contribution is 6.02. The van der Waals surface area contributed by atoms with Gasteiger partial charge < -0.3 is 9.97 Å². The Morgan fingerprint density at radius 3 is 0.868 bits per heavy atom. The van der Waals surface area contributed by atoms with Crippen molar-refractivity contribution >= 4 is 46.4 Å². The van der Waals surface area contributed by atoms with Crippen LogP contribution in [0.3, 0.4) is 0 Å². The Hall–Kier alpha value is -7.04. The minimum absolute atomic E-state index is 0.0924. The molecule has 0 atom stereocenters. The molecule has 6 aromatic rings. The van der Waals surface area contributed by atoms with Crippen molar-refractivity contribution in [2.24, 2.45) is 0 Å². The van der Waals surface area contributed by atoms with Crippen LogP contribution in [-0.4, -0.2) is 19.9 Å². The summed E-state index contributed by atoms with van der Waals surface area (Å²) >= 11 is 0. The molecule has 0 spiro atoms. The Kier molecular flexibility index (Phi) is 12.6. The highest BCUT2D eigenvalue weighted by atomic mass is 14.8. The molecular formula is C72H80N4. The fourth-order valence-corrected chi connectivity index (χ4v) is 10.7. The van der Waals surface area contributed by atoms with Gasteiger partial charge in [0.25, 0.3) is 0 Å². The maximum Gasteiger partial charge on any atom is 0.0737 e. The second kappa shape index (κ2) is 18.3. The smallest absolute Gasteiger partial charge is 0.0737 e. The van der Waals surface area contributed by atoms with E-state index in [-0.39, 0.29) is 32.5 Å². The molecule has 10 rings (SSSR count). The van der Waals surface area contributed by atoms with Crippen molar-refractivity contribution in [3.63, 3.8) is 0 Å². The number of aromatic amines is 2. The van der Waals surface area contributed by atoms with Crippen LogP contribution in [0.2, 0.25) is 0 Å². The molecule has 4 heteroatoms. The lowest BCUT2D eigenvalue weighted by Crippen LogP contribution is -2.16. The van der Waals surface area contributed by atoms with Gasteiger partial charge in [-0.1, -0.05) is 222 Å². The normalized spacial score (nSPS) is 13.6. The van der Waals surface area contributed by atoms with Crippen LogP contribution >= 0.6 is 0 Å². The van der Waals surface area contributed by atoms with Gasteiger partial charge in [-0.25, -0.2) is 9.97 Å². The summed E-state index contributed by atoms with van der Waals surface area (Å²) in [5, 5.41) is 0. The van der Waals surface area contributed by atoms with Crippen molar-refractivity contribution in [3.8, 4) is 55.6 Å². The molecule has 0 amide bonds. The highest BCUT2D eigenvalue weighted by Gasteiger charge is 2.28.